The van der Waals surface area contributed by atoms with Crippen LogP contribution in [0.15, 0.2) is 29.2 Å². The number of likely N-dealkylation sites (tertiary alicyclic amines) is 1. The van der Waals surface area contributed by atoms with Crippen LogP contribution >= 0.6 is 11.8 Å². The number of nitrogens with two attached hydrogens (primary N) is 1. The Morgan fingerprint density at radius 2 is 2.00 bits per heavy atom. The van der Waals surface area contributed by atoms with Crippen LogP contribution in [0.5, 0.6) is 0 Å². The largest absolute Gasteiger partial charge is 0.326 e. The van der Waals surface area contributed by atoms with Crippen LogP contribution in [-0.2, 0) is 0 Å². The summed E-state index contributed by atoms with van der Waals surface area (Å²) in [5.74, 6) is 0.697. The van der Waals surface area contributed by atoms with Gasteiger partial charge >= 0.3 is 0 Å². The van der Waals surface area contributed by atoms with Crippen LogP contribution in [0.4, 0.5) is 0 Å². The zero-order valence-electron chi connectivity index (χ0n) is 11.6. The molecule has 2 N–H and O–H groups in total. The van der Waals surface area contributed by atoms with E-state index in [1.54, 1.807) is 11.8 Å². The summed E-state index contributed by atoms with van der Waals surface area (Å²) in [4.78, 5) is 3.87. The molecule has 1 heterocycles. The normalized spacial score (nSPS) is 24.9. The number of benzene rings is 1. The van der Waals surface area contributed by atoms with E-state index in [2.05, 4.69) is 49.3 Å². The third-order valence-electron chi connectivity index (χ3n) is 3.61. The van der Waals surface area contributed by atoms with Crippen molar-refractivity contribution in [2.45, 2.75) is 37.2 Å². The second-order valence-corrected chi connectivity index (χ2v) is 6.44. The van der Waals surface area contributed by atoms with E-state index in [0.29, 0.717) is 12.0 Å². The molecular weight excluding hydrogens is 240 g/mol. The molecule has 0 amide bonds. The van der Waals surface area contributed by atoms with Gasteiger partial charge in [0.05, 0.1) is 0 Å². The van der Waals surface area contributed by atoms with Gasteiger partial charge < -0.3 is 5.73 Å². The van der Waals surface area contributed by atoms with Crippen LogP contribution in [0.25, 0.3) is 0 Å². The highest BCUT2D eigenvalue weighted by atomic mass is 32.2. The van der Waals surface area contributed by atoms with Gasteiger partial charge in [-0.15, -0.1) is 11.8 Å². The first-order chi connectivity index (χ1) is 8.61. The molecule has 2 atom stereocenters. The molecule has 100 valence electrons. The van der Waals surface area contributed by atoms with Gasteiger partial charge in [-0.1, -0.05) is 26.0 Å². The van der Waals surface area contributed by atoms with E-state index in [-0.39, 0.29) is 6.04 Å². The fourth-order valence-electron chi connectivity index (χ4n) is 2.82. The Balaban J connectivity index is 2.16. The number of thioether (sulfide) groups is 1. The summed E-state index contributed by atoms with van der Waals surface area (Å²) in [6.45, 7) is 6.83. The summed E-state index contributed by atoms with van der Waals surface area (Å²) in [7, 11) is 0. The molecule has 1 aromatic carbocycles. The lowest BCUT2D eigenvalue weighted by molar-refractivity contribution is 0.221. The van der Waals surface area contributed by atoms with Gasteiger partial charge in [0, 0.05) is 30.1 Å². The smallest absolute Gasteiger partial charge is 0.0499 e. The fraction of sp³-hybridized carbons (Fsp3) is 0.600. The zero-order valence-corrected chi connectivity index (χ0v) is 12.4. The van der Waals surface area contributed by atoms with Gasteiger partial charge in [-0.05, 0) is 36.3 Å². The molecular formula is C15H24N2S. The van der Waals surface area contributed by atoms with Crippen molar-refractivity contribution in [3.8, 4) is 0 Å². The molecule has 3 heteroatoms. The Bertz CT molecular complexity index is 375. The van der Waals surface area contributed by atoms with Crippen molar-refractivity contribution in [3.05, 3.63) is 29.8 Å². The SMILES string of the molecule is CSc1ccc(C2C(N)CCN2CC(C)C)cc1. The second-order valence-electron chi connectivity index (χ2n) is 5.56. The van der Waals surface area contributed by atoms with Crippen LogP contribution in [-0.4, -0.2) is 30.3 Å². The third kappa shape index (κ3) is 3.08. The summed E-state index contributed by atoms with van der Waals surface area (Å²) in [5.41, 5.74) is 7.67. The summed E-state index contributed by atoms with van der Waals surface area (Å²) in [5, 5.41) is 0. The lowest BCUT2D eigenvalue weighted by Crippen LogP contribution is -2.33. The Morgan fingerprint density at radius 1 is 1.33 bits per heavy atom. The number of hydrogen-bond acceptors (Lipinski definition) is 3. The van der Waals surface area contributed by atoms with E-state index in [1.165, 1.54) is 10.5 Å². The van der Waals surface area contributed by atoms with E-state index in [1.807, 2.05) is 0 Å². The van der Waals surface area contributed by atoms with E-state index in [4.69, 9.17) is 5.73 Å². The molecule has 2 nitrogen and oxygen atoms in total. The molecule has 18 heavy (non-hydrogen) atoms. The van der Waals surface area contributed by atoms with Crippen molar-refractivity contribution in [3.63, 3.8) is 0 Å². The van der Waals surface area contributed by atoms with Gasteiger partial charge in [0.15, 0.2) is 0 Å². The van der Waals surface area contributed by atoms with Gasteiger partial charge in [0.2, 0.25) is 0 Å². The van der Waals surface area contributed by atoms with Crippen molar-refractivity contribution in [1.82, 2.24) is 4.90 Å². The van der Waals surface area contributed by atoms with Crippen LogP contribution in [0.2, 0.25) is 0 Å². The van der Waals surface area contributed by atoms with Gasteiger partial charge in [-0.3, -0.25) is 4.90 Å². The highest BCUT2D eigenvalue weighted by Gasteiger charge is 2.32. The quantitative estimate of drug-likeness (QED) is 0.847. The number of nitrogens with zero attached hydrogens (tertiary/aromatic N) is 1. The lowest BCUT2D eigenvalue weighted by atomic mass is 10.0. The summed E-state index contributed by atoms with van der Waals surface area (Å²) in [6.07, 6.45) is 3.23. The highest BCUT2D eigenvalue weighted by molar-refractivity contribution is 7.98. The summed E-state index contributed by atoms with van der Waals surface area (Å²) in [6, 6.07) is 9.59. The Kier molecular flexibility index (Phi) is 4.71. The topological polar surface area (TPSA) is 29.3 Å². The van der Waals surface area contributed by atoms with Gasteiger partial charge in [0.25, 0.3) is 0 Å². The first-order valence-electron chi connectivity index (χ1n) is 6.75. The maximum Gasteiger partial charge on any atom is 0.0499 e. The van der Waals surface area contributed by atoms with Crippen LogP contribution in [0, 0.1) is 5.92 Å². The minimum atomic E-state index is 0.281. The zero-order chi connectivity index (χ0) is 13.1. The first kappa shape index (κ1) is 13.9. The highest BCUT2D eigenvalue weighted by Crippen LogP contribution is 2.32. The van der Waals surface area contributed by atoms with Crippen molar-refractivity contribution >= 4 is 11.8 Å². The Hall–Kier alpha value is -0.510. The molecule has 1 fully saturated rings. The molecule has 0 bridgehead atoms. The summed E-state index contributed by atoms with van der Waals surface area (Å²) < 4.78 is 0. The molecule has 1 aromatic rings. The van der Waals surface area contributed by atoms with Crippen molar-refractivity contribution in [1.29, 1.82) is 0 Å². The van der Waals surface area contributed by atoms with E-state index >= 15 is 0 Å². The molecule has 2 rings (SSSR count). The second kappa shape index (κ2) is 6.09. The molecule has 1 saturated heterocycles. The molecule has 0 saturated carbocycles. The molecule has 0 spiro atoms. The van der Waals surface area contributed by atoms with Crippen molar-refractivity contribution < 1.29 is 0 Å². The maximum absolute atomic E-state index is 6.30. The fourth-order valence-corrected chi connectivity index (χ4v) is 3.22. The summed E-state index contributed by atoms with van der Waals surface area (Å²) >= 11 is 1.79. The molecule has 1 aliphatic heterocycles. The maximum atomic E-state index is 6.30. The molecule has 2 unspecified atom stereocenters. The van der Waals surface area contributed by atoms with Crippen molar-refractivity contribution in [2.75, 3.05) is 19.3 Å². The predicted octanol–water partition coefficient (Wildman–Crippen LogP) is 3.14. The number of rotatable bonds is 4. The van der Waals surface area contributed by atoms with E-state index in [0.717, 1.165) is 19.5 Å². The third-order valence-corrected chi connectivity index (χ3v) is 4.35. The monoisotopic (exact) mass is 264 g/mol. The van der Waals surface area contributed by atoms with Gasteiger partial charge in [-0.25, -0.2) is 0 Å². The lowest BCUT2D eigenvalue weighted by Gasteiger charge is -2.28. The van der Waals surface area contributed by atoms with Gasteiger partial charge in [0.1, 0.15) is 0 Å². The average Bonchev–Trinajstić information content (AvgIpc) is 2.70. The minimum Gasteiger partial charge on any atom is -0.326 e. The Labute approximate surface area is 115 Å². The van der Waals surface area contributed by atoms with Crippen LogP contribution in [0.3, 0.4) is 0 Å². The van der Waals surface area contributed by atoms with E-state index < -0.39 is 0 Å². The minimum absolute atomic E-state index is 0.281. The first-order valence-corrected chi connectivity index (χ1v) is 7.98. The Morgan fingerprint density at radius 3 is 2.56 bits per heavy atom. The van der Waals surface area contributed by atoms with Crippen molar-refractivity contribution in [2.24, 2.45) is 11.7 Å². The van der Waals surface area contributed by atoms with Crippen LogP contribution in [0.1, 0.15) is 31.9 Å². The standard InChI is InChI=1S/C15H24N2S/c1-11(2)10-17-9-8-14(16)15(17)12-4-6-13(18-3)7-5-12/h4-7,11,14-15H,8-10,16H2,1-3H3. The predicted molar refractivity (Wildman–Crippen MR) is 80.0 cm³/mol. The molecule has 1 aliphatic rings. The molecule has 0 aliphatic carbocycles. The van der Waals surface area contributed by atoms with Crippen LogP contribution < -0.4 is 5.73 Å². The van der Waals surface area contributed by atoms with Gasteiger partial charge in [-0.2, -0.15) is 0 Å². The number of hydrogen-bond donors (Lipinski definition) is 1. The average molecular weight is 264 g/mol. The molecule has 0 radical (unpaired) electrons. The van der Waals surface area contributed by atoms with E-state index in [9.17, 15) is 0 Å². The molecule has 0 aromatic heterocycles.